The first-order chi connectivity index (χ1) is 9.54. The Morgan fingerprint density at radius 1 is 1.35 bits per heavy atom. The molecule has 110 valence electrons. The van der Waals surface area contributed by atoms with Crippen LogP contribution in [0.4, 0.5) is 11.4 Å². The fourth-order valence-electron chi connectivity index (χ4n) is 2.83. The average Bonchev–Trinajstić information content (AvgIpc) is 2.42. The van der Waals surface area contributed by atoms with Gasteiger partial charge in [-0.3, -0.25) is 0 Å². The van der Waals surface area contributed by atoms with Gasteiger partial charge in [-0.05, 0) is 44.9 Å². The molecule has 2 rings (SSSR count). The smallest absolute Gasteiger partial charge is 0.340 e. The van der Waals surface area contributed by atoms with Crippen LogP contribution >= 0.6 is 0 Å². The van der Waals surface area contributed by atoms with Gasteiger partial charge in [0.25, 0.3) is 0 Å². The molecule has 0 aromatic heterocycles. The lowest BCUT2D eigenvalue weighted by atomic mass is 9.83. The topological polar surface area (TPSA) is 64.3 Å². The molecule has 1 fully saturated rings. The van der Waals surface area contributed by atoms with E-state index in [4.69, 9.17) is 10.5 Å². The zero-order chi connectivity index (χ0) is 14.6. The Balaban J connectivity index is 2.16. The van der Waals surface area contributed by atoms with Crippen molar-refractivity contribution in [1.29, 1.82) is 0 Å². The summed E-state index contributed by atoms with van der Waals surface area (Å²) in [5.74, 6) is -0.359. The maximum absolute atomic E-state index is 11.9. The van der Waals surface area contributed by atoms with Gasteiger partial charge in [0.15, 0.2) is 0 Å². The van der Waals surface area contributed by atoms with E-state index in [-0.39, 0.29) is 11.5 Å². The minimum absolute atomic E-state index is 0.111. The molecule has 20 heavy (non-hydrogen) atoms. The highest BCUT2D eigenvalue weighted by Crippen LogP contribution is 2.32. The number of esters is 1. The molecule has 3 N–H and O–H groups in total. The monoisotopic (exact) mass is 276 g/mol. The molecular formula is C16H24N2O2. The Bertz CT molecular complexity index is 479. The Labute approximate surface area is 120 Å². The summed E-state index contributed by atoms with van der Waals surface area (Å²) >= 11 is 0. The van der Waals surface area contributed by atoms with Crippen LogP contribution in [0.15, 0.2) is 18.2 Å². The van der Waals surface area contributed by atoms with Gasteiger partial charge in [0.1, 0.15) is 0 Å². The normalized spacial score (nSPS) is 17.5. The molecule has 0 amide bonds. The molecule has 1 aromatic carbocycles. The molecule has 4 heteroatoms. The highest BCUT2D eigenvalue weighted by atomic mass is 16.5. The summed E-state index contributed by atoms with van der Waals surface area (Å²) in [6.07, 6.45) is 6.14. The van der Waals surface area contributed by atoms with E-state index >= 15 is 0 Å². The van der Waals surface area contributed by atoms with Gasteiger partial charge >= 0.3 is 5.97 Å². The molecule has 0 unspecified atom stereocenters. The number of hydrogen-bond acceptors (Lipinski definition) is 4. The fourth-order valence-corrected chi connectivity index (χ4v) is 2.83. The summed E-state index contributed by atoms with van der Waals surface area (Å²) in [5.41, 5.74) is 7.81. The van der Waals surface area contributed by atoms with Crippen molar-refractivity contribution in [2.45, 2.75) is 51.5 Å². The third-order valence-electron chi connectivity index (χ3n) is 3.95. The van der Waals surface area contributed by atoms with Crippen molar-refractivity contribution in [3.63, 3.8) is 0 Å². The number of rotatable bonds is 4. The molecule has 0 radical (unpaired) electrons. The number of carbonyl (C=O) groups is 1. The van der Waals surface area contributed by atoms with E-state index in [0.717, 1.165) is 18.5 Å². The third kappa shape index (κ3) is 3.44. The van der Waals surface area contributed by atoms with Crippen molar-refractivity contribution in [1.82, 2.24) is 0 Å². The summed E-state index contributed by atoms with van der Waals surface area (Å²) < 4.78 is 5.03. The number of carbonyl (C=O) groups excluding carboxylic acids is 1. The molecule has 1 saturated carbocycles. The van der Waals surface area contributed by atoms with E-state index in [1.54, 1.807) is 19.1 Å². The van der Waals surface area contributed by atoms with Gasteiger partial charge in [0, 0.05) is 16.9 Å². The summed E-state index contributed by atoms with van der Waals surface area (Å²) in [6.45, 7) is 4.39. The lowest BCUT2D eigenvalue weighted by molar-refractivity contribution is 0.0527. The standard InChI is InChI=1S/C16H24N2O2/c1-3-20-15(19)13-11-12(7-8-14(13)17)18-16(2)9-5-4-6-10-16/h7-8,11,18H,3-6,9-10,17H2,1-2H3. The van der Waals surface area contributed by atoms with E-state index in [1.807, 2.05) is 6.07 Å². The zero-order valence-corrected chi connectivity index (χ0v) is 12.4. The highest BCUT2D eigenvalue weighted by molar-refractivity contribution is 5.96. The van der Waals surface area contributed by atoms with Crippen molar-refractivity contribution >= 4 is 17.3 Å². The van der Waals surface area contributed by atoms with Crippen molar-refractivity contribution in [2.24, 2.45) is 0 Å². The maximum Gasteiger partial charge on any atom is 0.340 e. The molecule has 0 spiro atoms. The van der Waals surface area contributed by atoms with Gasteiger partial charge in [-0.15, -0.1) is 0 Å². The van der Waals surface area contributed by atoms with Crippen LogP contribution < -0.4 is 11.1 Å². The first kappa shape index (κ1) is 14.7. The van der Waals surface area contributed by atoms with Crippen molar-refractivity contribution < 1.29 is 9.53 Å². The summed E-state index contributed by atoms with van der Waals surface area (Å²) in [4.78, 5) is 11.9. The van der Waals surface area contributed by atoms with E-state index in [2.05, 4.69) is 12.2 Å². The van der Waals surface area contributed by atoms with Gasteiger partial charge in [-0.25, -0.2) is 4.79 Å². The molecule has 0 aliphatic heterocycles. The molecule has 1 aliphatic carbocycles. The minimum Gasteiger partial charge on any atom is -0.462 e. The summed E-state index contributed by atoms with van der Waals surface area (Å²) in [6, 6.07) is 5.49. The average molecular weight is 276 g/mol. The van der Waals surface area contributed by atoms with E-state index in [9.17, 15) is 4.79 Å². The Morgan fingerprint density at radius 3 is 2.70 bits per heavy atom. The Hall–Kier alpha value is -1.71. The second-order valence-electron chi connectivity index (χ2n) is 5.77. The van der Waals surface area contributed by atoms with Gasteiger partial charge in [0.05, 0.1) is 12.2 Å². The van der Waals surface area contributed by atoms with Crippen LogP contribution in [0.25, 0.3) is 0 Å². The fraction of sp³-hybridized carbons (Fsp3) is 0.562. The van der Waals surface area contributed by atoms with Gasteiger partial charge < -0.3 is 15.8 Å². The lowest BCUT2D eigenvalue weighted by Gasteiger charge is -2.35. The summed E-state index contributed by atoms with van der Waals surface area (Å²) in [7, 11) is 0. The number of anilines is 2. The van der Waals surface area contributed by atoms with E-state index < -0.39 is 0 Å². The maximum atomic E-state index is 11.9. The van der Waals surface area contributed by atoms with Gasteiger partial charge in [0.2, 0.25) is 0 Å². The molecule has 0 heterocycles. The first-order valence-corrected chi connectivity index (χ1v) is 7.39. The largest absolute Gasteiger partial charge is 0.462 e. The van der Waals surface area contributed by atoms with Gasteiger partial charge in [-0.1, -0.05) is 19.3 Å². The number of benzene rings is 1. The Kier molecular flexibility index (Phi) is 4.53. The third-order valence-corrected chi connectivity index (χ3v) is 3.95. The predicted molar refractivity (Wildman–Crippen MR) is 81.9 cm³/mol. The van der Waals surface area contributed by atoms with Crippen LogP contribution in [0.3, 0.4) is 0 Å². The van der Waals surface area contributed by atoms with E-state index in [1.165, 1.54) is 19.3 Å². The van der Waals surface area contributed by atoms with Crippen molar-refractivity contribution in [2.75, 3.05) is 17.7 Å². The van der Waals surface area contributed by atoms with Gasteiger partial charge in [-0.2, -0.15) is 0 Å². The van der Waals surface area contributed by atoms with Crippen LogP contribution in [-0.4, -0.2) is 18.1 Å². The van der Waals surface area contributed by atoms with Crippen LogP contribution in [0.1, 0.15) is 56.3 Å². The predicted octanol–water partition coefficient (Wildman–Crippen LogP) is 3.58. The quantitative estimate of drug-likeness (QED) is 0.651. The van der Waals surface area contributed by atoms with Crippen LogP contribution in [-0.2, 0) is 4.74 Å². The van der Waals surface area contributed by atoms with Crippen molar-refractivity contribution in [3.8, 4) is 0 Å². The number of nitrogens with one attached hydrogen (secondary N) is 1. The molecule has 0 saturated heterocycles. The SMILES string of the molecule is CCOC(=O)c1cc(NC2(C)CCCCC2)ccc1N. The number of ether oxygens (including phenoxy) is 1. The second-order valence-corrected chi connectivity index (χ2v) is 5.77. The second kappa shape index (κ2) is 6.16. The van der Waals surface area contributed by atoms with E-state index in [0.29, 0.717) is 17.9 Å². The van der Waals surface area contributed by atoms with Crippen molar-refractivity contribution in [3.05, 3.63) is 23.8 Å². The molecule has 0 bridgehead atoms. The molecule has 0 atom stereocenters. The van der Waals surface area contributed by atoms with Crippen LogP contribution in [0.2, 0.25) is 0 Å². The number of nitrogens with two attached hydrogens (primary N) is 1. The molecule has 1 aromatic rings. The van der Waals surface area contributed by atoms with Crippen LogP contribution in [0.5, 0.6) is 0 Å². The molecule has 1 aliphatic rings. The summed E-state index contributed by atoms with van der Waals surface area (Å²) in [5, 5.41) is 3.56. The number of nitrogen functional groups attached to an aromatic ring is 1. The highest BCUT2D eigenvalue weighted by Gasteiger charge is 2.26. The zero-order valence-electron chi connectivity index (χ0n) is 12.4. The molecule has 4 nitrogen and oxygen atoms in total. The first-order valence-electron chi connectivity index (χ1n) is 7.39. The minimum atomic E-state index is -0.359. The Morgan fingerprint density at radius 2 is 2.05 bits per heavy atom. The number of hydrogen-bond donors (Lipinski definition) is 2. The molecular weight excluding hydrogens is 252 g/mol. The lowest BCUT2D eigenvalue weighted by Crippen LogP contribution is -2.36. The van der Waals surface area contributed by atoms with Crippen LogP contribution in [0, 0.1) is 0 Å².